The zero-order chi connectivity index (χ0) is 11.3. The van der Waals surface area contributed by atoms with Crippen LogP contribution in [0.1, 0.15) is 12.2 Å². The molecule has 0 atom stereocenters. The van der Waals surface area contributed by atoms with E-state index in [1.165, 1.54) is 0 Å². The largest absolute Gasteiger partial charge is 0.324 e. The molecule has 1 heterocycles. The van der Waals surface area contributed by atoms with Crippen molar-refractivity contribution in [2.45, 2.75) is 18.1 Å². The van der Waals surface area contributed by atoms with Crippen LogP contribution in [0.4, 0.5) is 0 Å². The van der Waals surface area contributed by atoms with Crippen LogP contribution in [0.25, 0.3) is 0 Å². The van der Waals surface area contributed by atoms with Gasteiger partial charge in [0, 0.05) is 12.8 Å². The minimum Gasteiger partial charge on any atom is -0.324 e. The van der Waals surface area contributed by atoms with Crippen LogP contribution < -0.4 is 5.73 Å². The standard InChI is InChI=1S/C9H19N5S/c1-13(2)5-4-6-15-9-12-11-8(7-10)14(9)3/h4-7,10H2,1-3H3. The lowest BCUT2D eigenvalue weighted by Gasteiger charge is -2.08. The topological polar surface area (TPSA) is 60.0 Å². The minimum absolute atomic E-state index is 0.446. The molecule has 0 saturated carbocycles. The van der Waals surface area contributed by atoms with Crippen molar-refractivity contribution in [3.05, 3.63) is 5.82 Å². The quantitative estimate of drug-likeness (QED) is 0.562. The molecule has 0 bridgehead atoms. The lowest BCUT2D eigenvalue weighted by atomic mass is 10.5. The molecule has 0 amide bonds. The van der Waals surface area contributed by atoms with Gasteiger partial charge < -0.3 is 15.2 Å². The lowest BCUT2D eigenvalue weighted by Crippen LogP contribution is -2.13. The predicted molar refractivity (Wildman–Crippen MR) is 62.8 cm³/mol. The first kappa shape index (κ1) is 12.5. The van der Waals surface area contributed by atoms with E-state index in [0.29, 0.717) is 6.54 Å². The van der Waals surface area contributed by atoms with Crippen molar-refractivity contribution in [2.75, 3.05) is 26.4 Å². The highest BCUT2D eigenvalue weighted by molar-refractivity contribution is 7.99. The molecule has 2 N–H and O–H groups in total. The Morgan fingerprint density at radius 1 is 1.40 bits per heavy atom. The van der Waals surface area contributed by atoms with Crippen LogP contribution in [0.3, 0.4) is 0 Å². The zero-order valence-electron chi connectivity index (χ0n) is 9.60. The van der Waals surface area contributed by atoms with E-state index >= 15 is 0 Å². The van der Waals surface area contributed by atoms with Crippen LogP contribution in [-0.4, -0.2) is 46.1 Å². The average molecular weight is 229 g/mol. The van der Waals surface area contributed by atoms with Crippen molar-refractivity contribution in [1.82, 2.24) is 19.7 Å². The Morgan fingerprint density at radius 2 is 2.13 bits per heavy atom. The number of hydrogen-bond acceptors (Lipinski definition) is 5. The van der Waals surface area contributed by atoms with E-state index in [2.05, 4.69) is 29.2 Å². The third-order valence-electron chi connectivity index (χ3n) is 2.09. The summed E-state index contributed by atoms with van der Waals surface area (Å²) in [7, 11) is 6.12. The van der Waals surface area contributed by atoms with Gasteiger partial charge in [0.05, 0.1) is 6.54 Å². The van der Waals surface area contributed by atoms with Crippen LogP contribution in [0, 0.1) is 0 Å². The van der Waals surface area contributed by atoms with Crippen molar-refractivity contribution in [1.29, 1.82) is 0 Å². The molecule has 0 aliphatic heterocycles. The molecular weight excluding hydrogens is 210 g/mol. The van der Waals surface area contributed by atoms with E-state index in [0.717, 1.165) is 29.7 Å². The van der Waals surface area contributed by atoms with Gasteiger partial charge in [0.25, 0.3) is 0 Å². The summed E-state index contributed by atoms with van der Waals surface area (Å²) in [6.07, 6.45) is 1.16. The fourth-order valence-electron chi connectivity index (χ4n) is 1.19. The number of thioether (sulfide) groups is 1. The lowest BCUT2D eigenvalue weighted by molar-refractivity contribution is 0.410. The Labute approximate surface area is 95.0 Å². The molecule has 15 heavy (non-hydrogen) atoms. The molecule has 1 aromatic heterocycles. The monoisotopic (exact) mass is 229 g/mol. The summed E-state index contributed by atoms with van der Waals surface area (Å²) < 4.78 is 1.96. The summed E-state index contributed by atoms with van der Waals surface area (Å²) in [4.78, 5) is 2.18. The Morgan fingerprint density at radius 3 is 2.67 bits per heavy atom. The number of rotatable bonds is 6. The second kappa shape index (κ2) is 6.09. The van der Waals surface area contributed by atoms with Crippen molar-refractivity contribution in [3.8, 4) is 0 Å². The number of nitrogens with two attached hydrogens (primary N) is 1. The predicted octanol–water partition coefficient (Wildman–Crippen LogP) is 0.318. The van der Waals surface area contributed by atoms with Gasteiger partial charge in [-0.15, -0.1) is 10.2 Å². The molecule has 0 spiro atoms. The second-order valence-electron chi connectivity index (χ2n) is 3.67. The van der Waals surface area contributed by atoms with Crippen molar-refractivity contribution < 1.29 is 0 Å². The maximum Gasteiger partial charge on any atom is 0.190 e. The maximum atomic E-state index is 5.52. The Balaban J connectivity index is 2.34. The highest BCUT2D eigenvalue weighted by Gasteiger charge is 2.06. The minimum atomic E-state index is 0.446. The molecule has 5 nitrogen and oxygen atoms in total. The van der Waals surface area contributed by atoms with Crippen molar-refractivity contribution >= 4 is 11.8 Å². The molecule has 1 rings (SSSR count). The van der Waals surface area contributed by atoms with Crippen molar-refractivity contribution in [2.24, 2.45) is 12.8 Å². The summed E-state index contributed by atoms with van der Waals surface area (Å²) in [5, 5.41) is 9.04. The number of nitrogens with zero attached hydrogens (tertiary/aromatic N) is 4. The summed E-state index contributed by atoms with van der Waals surface area (Å²) >= 11 is 1.73. The SMILES string of the molecule is CN(C)CCCSc1nnc(CN)n1C. The molecule has 1 aromatic rings. The molecule has 0 aliphatic carbocycles. The summed E-state index contributed by atoms with van der Waals surface area (Å²) in [6, 6.07) is 0. The van der Waals surface area contributed by atoms with E-state index in [1.807, 2.05) is 11.6 Å². The van der Waals surface area contributed by atoms with Gasteiger partial charge in [-0.3, -0.25) is 0 Å². The van der Waals surface area contributed by atoms with Gasteiger partial charge in [-0.1, -0.05) is 11.8 Å². The molecule has 0 radical (unpaired) electrons. The molecule has 86 valence electrons. The smallest absolute Gasteiger partial charge is 0.190 e. The summed E-state index contributed by atoms with van der Waals surface area (Å²) in [6.45, 7) is 1.55. The molecule has 0 unspecified atom stereocenters. The van der Waals surface area contributed by atoms with E-state index in [1.54, 1.807) is 11.8 Å². The van der Waals surface area contributed by atoms with E-state index < -0.39 is 0 Å². The van der Waals surface area contributed by atoms with Crippen LogP contribution >= 0.6 is 11.8 Å². The fraction of sp³-hybridized carbons (Fsp3) is 0.778. The third kappa shape index (κ3) is 3.81. The average Bonchev–Trinajstić information content (AvgIpc) is 2.54. The Bertz CT molecular complexity index is 297. The maximum absolute atomic E-state index is 5.52. The first-order valence-electron chi connectivity index (χ1n) is 5.01. The number of hydrogen-bond donors (Lipinski definition) is 1. The van der Waals surface area contributed by atoms with E-state index in [4.69, 9.17) is 5.73 Å². The second-order valence-corrected chi connectivity index (χ2v) is 4.73. The highest BCUT2D eigenvalue weighted by Crippen LogP contribution is 2.16. The molecule has 0 fully saturated rings. The van der Waals surface area contributed by atoms with Gasteiger partial charge in [0.15, 0.2) is 5.16 Å². The Hall–Kier alpha value is -0.590. The van der Waals surface area contributed by atoms with Gasteiger partial charge >= 0.3 is 0 Å². The first-order valence-corrected chi connectivity index (χ1v) is 5.99. The molecule has 0 aromatic carbocycles. The third-order valence-corrected chi connectivity index (χ3v) is 3.19. The molecular formula is C9H19N5S. The van der Waals surface area contributed by atoms with Gasteiger partial charge in [-0.25, -0.2) is 0 Å². The summed E-state index contributed by atoms with van der Waals surface area (Å²) in [5.74, 6) is 1.90. The van der Waals surface area contributed by atoms with E-state index in [9.17, 15) is 0 Å². The van der Waals surface area contributed by atoms with Crippen LogP contribution in [0.2, 0.25) is 0 Å². The molecule has 0 aliphatic rings. The number of aromatic nitrogens is 3. The molecule has 6 heteroatoms. The normalized spacial score (nSPS) is 11.3. The molecule has 0 saturated heterocycles. The van der Waals surface area contributed by atoms with Crippen molar-refractivity contribution in [3.63, 3.8) is 0 Å². The fourth-order valence-corrected chi connectivity index (χ4v) is 2.05. The van der Waals surface area contributed by atoms with Gasteiger partial charge in [0.2, 0.25) is 0 Å². The summed E-state index contributed by atoms with van der Waals surface area (Å²) in [5.41, 5.74) is 5.52. The van der Waals surface area contributed by atoms with Gasteiger partial charge in [-0.2, -0.15) is 0 Å². The Kier molecular flexibility index (Phi) is 5.07. The van der Waals surface area contributed by atoms with Gasteiger partial charge in [-0.05, 0) is 27.1 Å². The highest BCUT2D eigenvalue weighted by atomic mass is 32.2. The first-order chi connectivity index (χ1) is 7.15. The van der Waals surface area contributed by atoms with E-state index in [-0.39, 0.29) is 0 Å². The van der Waals surface area contributed by atoms with Crippen LogP contribution in [0.5, 0.6) is 0 Å². The van der Waals surface area contributed by atoms with Gasteiger partial charge in [0.1, 0.15) is 5.82 Å². The van der Waals surface area contributed by atoms with Crippen LogP contribution in [-0.2, 0) is 13.6 Å². The van der Waals surface area contributed by atoms with Crippen LogP contribution in [0.15, 0.2) is 5.16 Å². The zero-order valence-corrected chi connectivity index (χ0v) is 10.4.